The first-order valence-corrected chi connectivity index (χ1v) is 10.00. The number of thioether (sulfide) groups is 1. The molecule has 0 unspecified atom stereocenters. The number of carbonyl (C=O) groups is 1. The van der Waals surface area contributed by atoms with Crippen molar-refractivity contribution in [1.82, 2.24) is 14.1 Å². The summed E-state index contributed by atoms with van der Waals surface area (Å²) in [6, 6.07) is 15.6. The van der Waals surface area contributed by atoms with E-state index >= 15 is 0 Å². The number of benzene rings is 2. The Labute approximate surface area is 162 Å². The van der Waals surface area contributed by atoms with Crippen LogP contribution in [-0.4, -0.2) is 26.3 Å². The third-order valence-corrected chi connectivity index (χ3v) is 5.21. The molecule has 2 aromatic carbocycles. The van der Waals surface area contributed by atoms with Crippen LogP contribution >= 0.6 is 11.8 Å². The van der Waals surface area contributed by atoms with E-state index in [9.17, 15) is 4.79 Å². The zero-order chi connectivity index (χ0) is 18.8. The molecule has 1 N–H and O–H groups in total. The molecule has 0 spiro atoms. The van der Waals surface area contributed by atoms with Gasteiger partial charge in [0, 0.05) is 53.0 Å². The lowest BCUT2D eigenvalue weighted by atomic mass is 10.1. The minimum Gasteiger partial charge on any atom is -0.348 e. The molecule has 0 fully saturated rings. The van der Waals surface area contributed by atoms with Crippen LogP contribution in [0.2, 0.25) is 0 Å². The molecule has 5 nitrogen and oxygen atoms in total. The van der Waals surface area contributed by atoms with E-state index in [1.807, 2.05) is 59.5 Å². The van der Waals surface area contributed by atoms with Crippen molar-refractivity contribution in [1.29, 1.82) is 0 Å². The molecular weight excluding hydrogens is 356 g/mol. The zero-order valence-corrected chi connectivity index (χ0v) is 16.0. The lowest BCUT2D eigenvalue weighted by molar-refractivity contribution is 0.102. The van der Waals surface area contributed by atoms with Crippen molar-refractivity contribution < 1.29 is 4.79 Å². The zero-order valence-electron chi connectivity index (χ0n) is 15.2. The van der Waals surface area contributed by atoms with Crippen LogP contribution in [0.15, 0.2) is 72.3 Å². The topological polar surface area (TPSA) is 51.9 Å². The molecule has 0 atom stereocenters. The molecule has 4 aromatic rings. The molecule has 0 aliphatic carbocycles. The summed E-state index contributed by atoms with van der Waals surface area (Å²) in [6.07, 6.45) is 7.71. The summed E-state index contributed by atoms with van der Waals surface area (Å²) in [4.78, 5) is 17.1. The van der Waals surface area contributed by atoms with Gasteiger partial charge < -0.3 is 9.88 Å². The Hall–Kier alpha value is -2.99. The molecule has 0 aliphatic rings. The van der Waals surface area contributed by atoms with Crippen molar-refractivity contribution in [3.05, 3.63) is 72.7 Å². The number of anilines is 1. The Bertz CT molecular complexity index is 1110. The minimum atomic E-state index is -0.128. The normalized spacial score (nSPS) is 11.0. The van der Waals surface area contributed by atoms with Gasteiger partial charge in [-0.2, -0.15) is 0 Å². The van der Waals surface area contributed by atoms with Gasteiger partial charge in [0.05, 0.1) is 0 Å². The van der Waals surface area contributed by atoms with Crippen molar-refractivity contribution in [2.45, 2.75) is 18.6 Å². The smallest absolute Gasteiger partial charge is 0.255 e. The van der Waals surface area contributed by atoms with E-state index in [1.54, 1.807) is 18.0 Å². The van der Waals surface area contributed by atoms with Crippen molar-refractivity contribution in [3.8, 4) is 5.69 Å². The quantitative estimate of drug-likeness (QED) is 0.508. The van der Waals surface area contributed by atoms with Crippen LogP contribution in [0.4, 0.5) is 5.69 Å². The monoisotopic (exact) mass is 376 g/mol. The molecule has 1 amide bonds. The van der Waals surface area contributed by atoms with E-state index in [1.165, 1.54) is 5.52 Å². The first kappa shape index (κ1) is 17.4. The maximum absolute atomic E-state index is 12.7. The van der Waals surface area contributed by atoms with Gasteiger partial charge in [-0.1, -0.05) is 17.8 Å². The van der Waals surface area contributed by atoms with Crippen LogP contribution in [0.25, 0.3) is 16.6 Å². The molecule has 0 saturated heterocycles. The molecule has 4 rings (SSSR count). The average molecular weight is 376 g/mol. The number of fused-ring (bicyclic) bond motifs is 1. The summed E-state index contributed by atoms with van der Waals surface area (Å²) in [5.74, 6) is -0.128. The van der Waals surface area contributed by atoms with Crippen molar-refractivity contribution >= 4 is 34.3 Å². The Morgan fingerprint density at radius 2 is 2.04 bits per heavy atom. The second-order valence-corrected chi connectivity index (χ2v) is 6.94. The second kappa shape index (κ2) is 7.32. The highest BCUT2D eigenvalue weighted by atomic mass is 32.2. The summed E-state index contributed by atoms with van der Waals surface area (Å²) >= 11 is 1.57. The predicted octanol–water partition coefficient (Wildman–Crippen LogP) is 4.82. The highest BCUT2D eigenvalue weighted by molar-refractivity contribution is 7.98. The molecule has 6 heteroatoms. The highest BCUT2D eigenvalue weighted by Crippen LogP contribution is 2.22. The molecule has 0 aliphatic heterocycles. The molecule has 0 radical (unpaired) electrons. The molecule has 0 saturated carbocycles. The standard InChI is InChI=1S/C21H20N4OS/c1-3-24-11-9-15-13-17(7-8-19(15)24)23-20(26)16-5-4-6-18(14-16)25-12-10-22-21(25)27-2/h4-14H,3H2,1-2H3,(H,23,26). The van der Waals surface area contributed by atoms with E-state index in [2.05, 4.69) is 34.1 Å². The number of rotatable bonds is 5. The number of hydrogen-bond donors (Lipinski definition) is 1. The lowest BCUT2D eigenvalue weighted by Gasteiger charge is -2.10. The Balaban J connectivity index is 1.59. The first-order chi connectivity index (χ1) is 13.2. The van der Waals surface area contributed by atoms with Crippen LogP contribution in [0.5, 0.6) is 0 Å². The number of amides is 1. The number of aryl methyl sites for hydroxylation is 1. The Morgan fingerprint density at radius 1 is 1.15 bits per heavy atom. The van der Waals surface area contributed by atoms with Gasteiger partial charge in [0.1, 0.15) is 0 Å². The van der Waals surface area contributed by atoms with Crippen LogP contribution < -0.4 is 5.32 Å². The SMILES string of the molecule is CCn1ccc2cc(NC(=O)c3cccc(-n4ccnc4SC)c3)ccc21. The first-order valence-electron chi connectivity index (χ1n) is 8.77. The third kappa shape index (κ3) is 3.36. The fraction of sp³-hybridized carbons (Fsp3) is 0.143. The average Bonchev–Trinajstić information content (AvgIpc) is 3.34. The molecule has 2 heterocycles. The molecule has 0 bridgehead atoms. The van der Waals surface area contributed by atoms with Crippen molar-refractivity contribution in [3.63, 3.8) is 0 Å². The van der Waals surface area contributed by atoms with Gasteiger partial charge in [-0.25, -0.2) is 4.98 Å². The van der Waals surface area contributed by atoms with E-state index in [4.69, 9.17) is 0 Å². The summed E-state index contributed by atoms with van der Waals surface area (Å²) in [5.41, 5.74) is 3.49. The van der Waals surface area contributed by atoms with Crippen LogP contribution in [0.1, 0.15) is 17.3 Å². The fourth-order valence-corrected chi connectivity index (χ4v) is 3.72. The number of nitrogens with one attached hydrogen (secondary N) is 1. The summed E-state index contributed by atoms with van der Waals surface area (Å²) in [6.45, 7) is 3.04. The minimum absolute atomic E-state index is 0.128. The van der Waals surface area contributed by atoms with Crippen LogP contribution in [0.3, 0.4) is 0 Å². The summed E-state index contributed by atoms with van der Waals surface area (Å²) in [5, 5.41) is 5.00. The maximum Gasteiger partial charge on any atom is 0.255 e. The van der Waals surface area contributed by atoms with Crippen molar-refractivity contribution in [2.24, 2.45) is 0 Å². The molecular formula is C21H20N4OS. The molecule has 27 heavy (non-hydrogen) atoms. The summed E-state index contributed by atoms with van der Waals surface area (Å²) < 4.78 is 4.15. The van der Waals surface area contributed by atoms with Crippen LogP contribution in [-0.2, 0) is 6.54 Å². The number of imidazole rings is 1. The van der Waals surface area contributed by atoms with E-state index in [0.29, 0.717) is 5.56 Å². The van der Waals surface area contributed by atoms with Crippen molar-refractivity contribution in [2.75, 3.05) is 11.6 Å². The number of nitrogens with zero attached hydrogens (tertiary/aromatic N) is 3. The van der Waals surface area contributed by atoms with Gasteiger partial charge >= 0.3 is 0 Å². The summed E-state index contributed by atoms with van der Waals surface area (Å²) in [7, 11) is 0. The third-order valence-electron chi connectivity index (χ3n) is 4.55. The Morgan fingerprint density at radius 3 is 2.85 bits per heavy atom. The number of hydrogen-bond acceptors (Lipinski definition) is 3. The van der Waals surface area contributed by atoms with Gasteiger partial charge in [-0.3, -0.25) is 9.36 Å². The van der Waals surface area contributed by atoms with E-state index < -0.39 is 0 Å². The van der Waals surface area contributed by atoms with Gasteiger partial charge in [0.15, 0.2) is 5.16 Å². The molecule has 136 valence electrons. The fourth-order valence-electron chi connectivity index (χ4n) is 3.19. The highest BCUT2D eigenvalue weighted by Gasteiger charge is 2.10. The van der Waals surface area contributed by atoms with E-state index in [0.717, 1.165) is 28.5 Å². The number of carbonyl (C=O) groups excluding carboxylic acids is 1. The van der Waals surface area contributed by atoms with E-state index in [-0.39, 0.29) is 5.91 Å². The molecule has 2 aromatic heterocycles. The number of aromatic nitrogens is 3. The predicted molar refractivity (Wildman–Crippen MR) is 111 cm³/mol. The van der Waals surface area contributed by atoms with Gasteiger partial charge in [0.25, 0.3) is 5.91 Å². The maximum atomic E-state index is 12.7. The Kier molecular flexibility index (Phi) is 4.73. The largest absolute Gasteiger partial charge is 0.348 e. The lowest BCUT2D eigenvalue weighted by Crippen LogP contribution is -2.12. The van der Waals surface area contributed by atoms with Gasteiger partial charge in [0.2, 0.25) is 0 Å². The van der Waals surface area contributed by atoms with Crippen LogP contribution in [0, 0.1) is 0 Å². The van der Waals surface area contributed by atoms with Gasteiger partial charge in [-0.15, -0.1) is 0 Å². The van der Waals surface area contributed by atoms with Gasteiger partial charge in [-0.05, 0) is 55.6 Å². The second-order valence-electron chi connectivity index (χ2n) is 6.16.